The zero-order valence-corrected chi connectivity index (χ0v) is 13.7. The molecule has 2 N–H and O–H groups in total. The zero-order valence-electron chi connectivity index (χ0n) is 12.9. The van der Waals surface area contributed by atoms with Crippen LogP contribution in [0.4, 0.5) is 0 Å². The normalized spacial score (nSPS) is 18.0. The van der Waals surface area contributed by atoms with E-state index in [9.17, 15) is 8.42 Å². The van der Waals surface area contributed by atoms with Crippen molar-refractivity contribution in [3.05, 3.63) is 23.9 Å². The predicted molar refractivity (Wildman–Crippen MR) is 82.2 cm³/mol. The van der Waals surface area contributed by atoms with Crippen molar-refractivity contribution in [2.45, 2.75) is 36.4 Å². The van der Waals surface area contributed by atoms with Crippen LogP contribution in [0.2, 0.25) is 0 Å². The number of nitrogens with two attached hydrogens (primary N) is 1. The van der Waals surface area contributed by atoms with Gasteiger partial charge in [-0.2, -0.15) is 4.31 Å². The smallest absolute Gasteiger partial charge is 0.260 e. The second-order valence-electron chi connectivity index (χ2n) is 5.94. The minimum atomic E-state index is -3.55. The highest BCUT2D eigenvalue weighted by Gasteiger charge is 2.42. The van der Waals surface area contributed by atoms with Crippen LogP contribution < -0.4 is 5.73 Å². The van der Waals surface area contributed by atoms with E-state index in [-0.39, 0.29) is 10.6 Å². The molecule has 1 aliphatic rings. The van der Waals surface area contributed by atoms with Gasteiger partial charge in [-0.05, 0) is 45.0 Å². The van der Waals surface area contributed by atoms with Gasteiger partial charge < -0.3 is 10.6 Å². The Hall–Kier alpha value is -1.02. The largest absolute Gasteiger partial charge is 0.326 e. The fourth-order valence-electron chi connectivity index (χ4n) is 2.68. The summed E-state index contributed by atoms with van der Waals surface area (Å²) in [6.45, 7) is 0.843. The molecule has 7 heteroatoms. The molecule has 1 aromatic rings. The molecular formula is C14H24N4O2S. The standard InChI is InChI=1S/C14H24N4O2S/c1-17(2)14(7-4-8-14)11-18(3)21(19,20)13-6-5-12(9-15)10-16-13/h5-6,10H,4,7-9,11,15H2,1-3H3. The molecule has 0 amide bonds. The van der Waals surface area contributed by atoms with Crippen LogP contribution in [0.5, 0.6) is 0 Å². The number of aromatic nitrogens is 1. The van der Waals surface area contributed by atoms with Crippen LogP contribution in [0, 0.1) is 0 Å². The Kier molecular flexibility index (Phi) is 4.67. The van der Waals surface area contributed by atoms with Crippen molar-refractivity contribution in [1.29, 1.82) is 0 Å². The van der Waals surface area contributed by atoms with E-state index < -0.39 is 10.0 Å². The van der Waals surface area contributed by atoms with Gasteiger partial charge in [-0.3, -0.25) is 0 Å². The number of nitrogens with zero attached hydrogens (tertiary/aromatic N) is 3. The minimum Gasteiger partial charge on any atom is -0.326 e. The van der Waals surface area contributed by atoms with Crippen molar-refractivity contribution in [2.24, 2.45) is 5.73 Å². The summed E-state index contributed by atoms with van der Waals surface area (Å²) in [5, 5.41) is 0.0791. The van der Waals surface area contributed by atoms with Gasteiger partial charge in [0.25, 0.3) is 10.0 Å². The molecule has 1 fully saturated rings. The monoisotopic (exact) mass is 312 g/mol. The summed E-state index contributed by atoms with van der Waals surface area (Å²) in [6, 6.07) is 3.23. The fourth-order valence-corrected chi connectivity index (χ4v) is 3.83. The van der Waals surface area contributed by atoms with Crippen LogP contribution in [-0.4, -0.2) is 55.8 Å². The second kappa shape index (κ2) is 6.00. The van der Waals surface area contributed by atoms with Gasteiger partial charge in [0.05, 0.1) is 0 Å². The molecule has 118 valence electrons. The van der Waals surface area contributed by atoms with Gasteiger partial charge in [-0.25, -0.2) is 13.4 Å². The van der Waals surface area contributed by atoms with E-state index in [4.69, 9.17) is 5.73 Å². The summed E-state index contributed by atoms with van der Waals surface area (Å²) in [5.74, 6) is 0. The minimum absolute atomic E-state index is 0.0426. The average molecular weight is 312 g/mol. The van der Waals surface area contributed by atoms with E-state index in [1.54, 1.807) is 13.1 Å². The van der Waals surface area contributed by atoms with E-state index >= 15 is 0 Å². The number of sulfonamides is 1. The topological polar surface area (TPSA) is 79.5 Å². The lowest BCUT2D eigenvalue weighted by atomic mass is 9.75. The Balaban J connectivity index is 2.18. The van der Waals surface area contributed by atoms with E-state index in [2.05, 4.69) is 9.88 Å². The molecule has 6 nitrogen and oxygen atoms in total. The number of pyridine rings is 1. The maximum Gasteiger partial charge on any atom is 0.260 e. The first-order chi connectivity index (χ1) is 9.82. The van der Waals surface area contributed by atoms with E-state index in [1.807, 2.05) is 14.1 Å². The molecule has 0 atom stereocenters. The number of hydrogen-bond acceptors (Lipinski definition) is 5. The summed E-state index contributed by atoms with van der Waals surface area (Å²) < 4.78 is 26.6. The number of hydrogen-bond donors (Lipinski definition) is 1. The van der Waals surface area contributed by atoms with Crippen LogP contribution in [0.15, 0.2) is 23.4 Å². The van der Waals surface area contributed by atoms with Crippen LogP contribution in [-0.2, 0) is 16.6 Å². The Bertz CT molecular complexity index is 579. The van der Waals surface area contributed by atoms with Crippen LogP contribution in [0.1, 0.15) is 24.8 Å². The van der Waals surface area contributed by atoms with Gasteiger partial charge in [0.15, 0.2) is 5.03 Å². The lowest BCUT2D eigenvalue weighted by Gasteiger charge is -2.48. The quantitative estimate of drug-likeness (QED) is 0.834. The number of rotatable bonds is 6. The third-order valence-electron chi connectivity index (χ3n) is 4.46. The average Bonchev–Trinajstić information content (AvgIpc) is 2.42. The van der Waals surface area contributed by atoms with Gasteiger partial charge in [0, 0.05) is 31.9 Å². The lowest BCUT2D eigenvalue weighted by molar-refractivity contribution is 0.0455. The molecule has 1 aromatic heterocycles. The molecule has 0 unspecified atom stereocenters. The molecule has 1 aliphatic carbocycles. The van der Waals surface area contributed by atoms with Gasteiger partial charge in [0.1, 0.15) is 0 Å². The molecule has 0 aromatic carbocycles. The van der Waals surface area contributed by atoms with Crippen LogP contribution >= 0.6 is 0 Å². The van der Waals surface area contributed by atoms with Crippen molar-refractivity contribution >= 4 is 10.0 Å². The van der Waals surface area contributed by atoms with Crippen molar-refractivity contribution in [1.82, 2.24) is 14.2 Å². The lowest BCUT2D eigenvalue weighted by Crippen LogP contribution is -2.57. The molecular weight excluding hydrogens is 288 g/mol. The van der Waals surface area contributed by atoms with Crippen LogP contribution in [0.25, 0.3) is 0 Å². The van der Waals surface area contributed by atoms with Gasteiger partial charge >= 0.3 is 0 Å². The molecule has 1 heterocycles. The first kappa shape index (κ1) is 16.4. The Morgan fingerprint density at radius 2 is 1.95 bits per heavy atom. The highest BCUT2D eigenvalue weighted by atomic mass is 32.2. The van der Waals surface area contributed by atoms with E-state index in [0.717, 1.165) is 24.8 Å². The summed E-state index contributed by atoms with van der Waals surface area (Å²) in [4.78, 5) is 6.17. The van der Waals surface area contributed by atoms with Crippen molar-refractivity contribution in [3.8, 4) is 0 Å². The van der Waals surface area contributed by atoms with Crippen molar-refractivity contribution in [3.63, 3.8) is 0 Å². The highest BCUT2D eigenvalue weighted by Crippen LogP contribution is 2.37. The third kappa shape index (κ3) is 3.11. The Morgan fingerprint density at radius 3 is 2.33 bits per heavy atom. The van der Waals surface area contributed by atoms with E-state index in [0.29, 0.717) is 13.1 Å². The predicted octanol–water partition coefficient (Wildman–Crippen LogP) is 0.645. The summed E-state index contributed by atoms with van der Waals surface area (Å²) in [7, 11) is 2.09. The highest BCUT2D eigenvalue weighted by molar-refractivity contribution is 7.89. The molecule has 0 bridgehead atoms. The SMILES string of the molecule is CN(C)C1(CN(C)S(=O)(=O)c2ccc(CN)cn2)CCC1. The van der Waals surface area contributed by atoms with Gasteiger partial charge in [-0.15, -0.1) is 0 Å². The second-order valence-corrected chi connectivity index (χ2v) is 7.93. The molecule has 0 saturated heterocycles. The van der Waals surface area contributed by atoms with Gasteiger partial charge in [-0.1, -0.05) is 6.07 Å². The Morgan fingerprint density at radius 1 is 1.29 bits per heavy atom. The maximum absolute atomic E-state index is 12.6. The molecule has 0 spiro atoms. The van der Waals surface area contributed by atoms with E-state index in [1.165, 1.54) is 16.6 Å². The molecule has 0 aliphatic heterocycles. The molecule has 21 heavy (non-hydrogen) atoms. The zero-order chi connectivity index (χ0) is 15.7. The summed E-state index contributed by atoms with van der Waals surface area (Å²) >= 11 is 0. The fraction of sp³-hybridized carbons (Fsp3) is 0.643. The molecule has 0 radical (unpaired) electrons. The van der Waals surface area contributed by atoms with Gasteiger partial charge in [0.2, 0.25) is 0 Å². The molecule has 2 rings (SSSR count). The third-order valence-corrected chi connectivity index (χ3v) is 6.18. The van der Waals surface area contributed by atoms with Crippen molar-refractivity contribution in [2.75, 3.05) is 27.7 Å². The van der Waals surface area contributed by atoms with Crippen LogP contribution in [0.3, 0.4) is 0 Å². The first-order valence-corrected chi connectivity index (χ1v) is 8.55. The summed E-state index contributed by atoms with van der Waals surface area (Å²) in [5.41, 5.74) is 6.28. The summed E-state index contributed by atoms with van der Waals surface area (Å²) in [6.07, 6.45) is 4.72. The van der Waals surface area contributed by atoms with Crippen molar-refractivity contribution < 1.29 is 8.42 Å². The molecule has 1 saturated carbocycles. The number of likely N-dealkylation sites (N-methyl/N-ethyl adjacent to an activating group) is 2. The maximum atomic E-state index is 12.6. The first-order valence-electron chi connectivity index (χ1n) is 7.11. The Labute approximate surface area is 127 Å².